The van der Waals surface area contributed by atoms with Crippen molar-refractivity contribution in [3.63, 3.8) is 0 Å². The molecular formula is C18H28N4O3S. The van der Waals surface area contributed by atoms with Crippen molar-refractivity contribution in [3.05, 3.63) is 18.2 Å². The van der Waals surface area contributed by atoms with Crippen molar-refractivity contribution in [2.75, 3.05) is 24.6 Å². The second-order valence-electron chi connectivity index (χ2n) is 8.28. The van der Waals surface area contributed by atoms with Crippen LogP contribution in [0.3, 0.4) is 0 Å². The average Bonchev–Trinajstić information content (AvgIpc) is 3.09. The van der Waals surface area contributed by atoms with Crippen molar-refractivity contribution in [1.29, 1.82) is 0 Å². The van der Waals surface area contributed by atoms with Gasteiger partial charge in [0.25, 0.3) is 0 Å². The fourth-order valence-electron chi connectivity index (χ4n) is 4.45. The summed E-state index contributed by atoms with van der Waals surface area (Å²) in [6.07, 6.45) is 8.06. The number of imidazole rings is 1. The third kappa shape index (κ3) is 3.67. The van der Waals surface area contributed by atoms with Crippen molar-refractivity contribution in [2.45, 2.75) is 44.7 Å². The van der Waals surface area contributed by atoms with Crippen molar-refractivity contribution in [3.8, 4) is 0 Å². The summed E-state index contributed by atoms with van der Waals surface area (Å²) < 4.78 is 25.1. The number of carbonyl (C=O) groups excluding carboxylic acids is 1. The molecule has 0 aromatic carbocycles. The van der Waals surface area contributed by atoms with Gasteiger partial charge in [0, 0.05) is 31.4 Å². The Morgan fingerprint density at radius 2 is 2.00 bits per heavy atom. The number of piperidine rings is 1. The van der Waals surface area contributed by atoms with Gasteiger partial charge in [0.15, 0.2) is 0 Å². The second kappa shape index (κ2) is 6.64. The van der Waals surface area contributed by atoms with E-state index in [0.29, 0.717) is 12.8 Å². The first kappa shape index (κ1) is 18.0. The van der Waals surface area contributed by atoms with E-state index in [0.717, 1.165) is 44.7 Å². The Hall–Kier alpha value is -1.41. The van der Waals surface area contributed by atoms with Crippen LogP contribution in [-0.4, -0.2) is 59.4 Å². The number of aryl methyl sites for hydroxylation is 1. The van der Waals surface area contributed by atoms with Crippen molar-refractivity contribution in [2.24, 2.45) is 18.4 Å². The normalized spacial score (nSPS) is 28.1. The molecule has 1 N–H and O–H groups in total. The molecule has 3 fully saturated rings. The zero-order chi connectivity index (χ0) is 18.4. The lowest BCUT2D eigenvalue weighted by atomic mass is 9.92. The van der Waals surface area contributed by atoms with E-state index in [1.54, 1.807) is 0 Å². The van der Waals surface area contributed by atoms with Crippen LogP contribution in [0.15, 0.2) is 12.4 Å². The Morgan fingerprint density at radius 3 is 2.62 bits per heavy atom. The summed E-state index contributed by atoms with van der Waals surface area (Å²) in [7, 11) is -0.888. The van der Waals surface area contributed by atoms with Gasteiger partial charge in [0.1, 0.15) is 15.7 Å². The zero-order valence-corrected chi connectivity index (χ0v) is 16.2. The monoisotopic (exact) mass is 380 g/mol. The average molecular weight is 381 g/mol. The van der Waals surface area contributed by atoms with E-state index in [2.05, 4.69) is 19.8 Å². The maximum Gasteiger partial charge on any atom is 0.223 e. The molecule has 4 rings (SSSR count). The van der Waals surface area contributed by atoms with E-state index in [4.69, 9.17) is 0 Å². The summed E-state index contributed by atoms with van der Waals surface area (Å²) in [6.45, 7) is 2.97. The molecule has 1 saturated carbocycles. The fourth-order valence-corrected chi connectivity index (χ4v) is 5.94. The quantitative estimate of drug-likeness (QED) is 0.832. The Kier molecular flexibility index (Phi) is 4.59. The number of sulfone groups is 1. The highest BCUT2D eigenvalue weighted by Crippen LogP contribution is 2.54. The summed E-state index contributed by atoms with van der Waals surface area (Å²) in [5, 5.41) is 3.21. The molecule has 144 valence electrons. The van der Waals surface area contributed by atoms with E-state index in [9.17, 15) is 13.2 Å². The summed E-state index contributed by atoms with van der Waals surface area (Å²) in [4.78, 5) is 19.3. The molecule has 8 heteroatoms. The van der Waals surface area contributed by atoms with E-state index in [1.165, 1.54) is 0 Å². The van der Waals surface area contributed by atoms with Gasteiger partial charge < -0.3 is 9.88 Å². The van der Waals surface area contributed by atoms with Gasteiger partial charge in [-0.2, -0.15) is 0 Å². The van der Waals surface area contributed by atoms with Crippen LogP contribution in [0.2, 0.25) is 0 Å². The Bertz CT molecular complexity index is 766. The molecule has 1 atom stereocenters. The number of aromatic nitrogens is 2. The molecule has 1 spiro atoms. The summed E-state index contributed by atoms with van der Waals surface area (Å²) >= 11 is 0. The second-order valence-corrected chi connectivity index (χ2v) is 10.6. The zero-order valence-electron chi connectivity index (χ0n) is 15.4. The van der Waals surface area contributed by atoms with Crippen LogP contribution in [0.5, 0.6) is 0 Å². The number of likely N-dealkylation sites (tertiary alicyclic amines) is 1. The van der Waals surface area contributed by atoms with Crippen molar-refractivity contribution in [1.82, 2.24) is 19.8 Å². The van der Waals surface area contributed by atoms with Gasteiger partial charge in [-0.1, -0.05) is 0 Å². The Labute approximate surface area is 155 Å². The van der Waals surface area contributed by atoms with Crippen molar-refractivity contribution < 1.29 is 13.2 Å². The van der Waals surface area contributed by atoms with E-state index < -0.39 is 9.84 Å². The molecule has 3 aliphatic rings. The maximum absolute atomic E-state index is 12.5. The minimum Gasteiger partial charge on any atom is -0.353 e. The number of nitrogens with zero attached hydrogens (tertiary/aromatic N) is 3. The molecular weight excluding hydrogens is 352 g/mol. The number of carbonyl (C=O) groups is 1. The predicted octanol–water partition coefficient (Wildman–Crippen LogP) is 0.716. The molecule has 2 saturated heterocycles. The molecule has 3 heterocycles. The highest BCUT2D eigenvalue weighted by Gasteiger charge is 2.55. The van der Waals surface area contributed by atoms with Gasteiger partial charge in [0.05, 0.1) is 18.1 Å². The summed E-state index contributed by atoms with van der Waals surface area (Å²) in [6, 6.07) is 0.281. The third-order valence-corrected chi connectivity index (χ3v) is 8.28. The van der Waals surface area contributed by atoms with Gasteiger partial charge >= 0.3 is 0 Å². The number of hydrogen-bond acceptors (Lipinski definition) is 5. The molecule has 1 unspecified atom stereocenters. The third-order valence-electron chi connectivity index (χ3n) is 6.57. The summed E-state index contributed by atoms with van der Waals surface area (Å²) in [5.74, 6) is 1.34. The highest BCUT2D eigenvalue weighted by atomic mass is 32.2. The molecule has 1 aromatic heterocycles. The molecule has 7 nitrogen and oxygen atoms in total. The lowest BCUT2D eigenvalue weighted by molar-refractivity contribution is -0.125. The number of amides is 1. The van der Waals surface area contributed by atoms with Crippen LogP contribution in [0.25, 0.3) is 0 Å². The smallest absolute Gasteiger partial charge is 0.223 e. The minimum atomic E-state index is -2.91. The molecule has 2 aliphatic heterocycles. The van der Waals surface area contributed by atoms with Crippen LogP contribution in [-0.2, 0) is 28.2 Å². The first-order chi connectivity index (χ1) is 12.4. The van der Waals surface area contributed by atoms with E-state index in [-0.39, 0.29) is 34.8 Å². The number of rotatable bonds is 4. The van der Waals surface area contributed by atoms with Gasteiger partial charge in [-0.25, -0.2) is 13.4 Å². The SMILES string of the molecule is Cn1ccnc1CN1CCC2(CC1)CC2NC(=O)C1CCS(=O)(=O)CC1. The summed E-state index contributed by atoms with van der Waals surface area (Å²) in [5.41, 5.74) is 0.272. The lowest BCUT2D eigenvalue weighted by Crippen LogP contribution is -2.41. The first-order valence-electron chi connectivity index (χ1n) is 9.56. The standard InChI is InChI=1S/C18H28N4O3S/c1-21-9-6-19-16(21)13-22-7-4-18(5-8-22)12-15(18)20-17(23)14-2-10-26(24,25)11-3-14/h6,9,14-15H,2-5,7-8,10-13H2,1H3,(H,20,23). The van der Waals surface area contributed by atoms with Gasteiger partial charge in [-0.15, -0.1) is 0 Å². The van der Waals surface area contributed by atoms with Crippen LogP contribution >= 0.6 is 0 Å². The van der Waals surface area contributed by atoms with Crippen molar-refractivity contribution >= 4 is 15.7 Å². The molecule has 1 amide bonds. The van der Waals surface area contributed by atoms with E-state index in [1.807, 2.05) is 19.4 Å². The van der Waals surface area contributed by atoms with Crippen LogP contribution in [0.4, 0.5) is 0 Å². The molecule has 1 aromatic rings. The van der Waals surface area contributed by atoms with Crippen LogP contribution in [0.1, 0.15) is 37.9 Å². The predicted molar refractivity (Wildman–Crippen MR) is 98.1 cm³/mol. The largest absolute Gasteiger partial charge is 0.353 e. The maximum atomic E-state index is 12.5. The highest BCUT2D eigenvalue weighted by molar-refractivity contribution is 7.91. The molecule has 0 radical (unpaired) electrons. The fraction of sp³-hybridized carbons (Fsp3) is 0.778. The number of hydrogen-bond donors (Lipinski definition) is 1. The van der Waals surface area contributed by atoms with Crippen LogP contribution < -0.4 is 5.32 Å². The van der Waals surface area contributed by atoms with Gasteiger partial charge in [0.2, 0.25) is 5.91 Å². The van der Waals surface area contributed by atoms with E-state index >= 15 is 0 Å². The van der Waals surface area contributed by atoms with Crippen LogP contribution in [0, 0.1) is 11.3 Å². The molecule has 26 heavy (non-hydrogen) atoms. The van der Waals surface area contributed by atoms with Gasteiger partial charge in [-0.05, 0) is 50.6 Å². The molecule has 1 aliphatic carbocycles. The first-order valence-corrected chi connectivity index (χ1v) is 11.4. The number of nitrogens with one attached hydrogen (secondary N) is 1. The topological polar surface area (TPSA) is 84.3 Å². The lowest BCUT2D eigenvalue weighted by Gasteiger charge is -2.32. The molecule has 0 bridgehead atoms. The van der Waals surface area contributed by atoms with Gasteiger partial charge in [-0.3, -0.25) is 9.69 Å². The Balaban J connectivity index is 1.24. The minimum absolute atomic E-state index is 0.0669. The Morgan fingerprint density at radius 1 is 1.31 bits per heavy atom.